The Morgan fingerprint density at radius 2 is 1.33 bits per heavy atom. The molecule has 0 aromatic carbocycles. The zero-order valence-corrected chi connectivity index (χ0v) is 39.5. The number of rotatable bonds is 37. The summed E-state index contributed by atoms with van der Waals surface area (Å²) >= 11 is 0. The van der Waals surface area contributed by atoms with Gasteiger partial charge in [-0.1, -0.05) is 102 Å². The van der Waals surface area contributed by atoms with E-state index in [1.165, 1.54) is 49.7 Å². The van der Waals surface area contributed by atoms with Crippen molar-refractivity contribution in [3.05, 3.63) is 59.1 Å². The number of hydrogen-bond donors (Lipinski definition) is 1. The van der Waals surface area contributed by atoms with Gasteiger partial charge in [0.1, 0.15) is 31.3 Å². The van der Waals surface area contributed by atoms with E-state index in [1.54, 1.807) is 0 Å². The first-order valence-electron chi connectivity index (χ1n) is 23.2. The molecule has 2 heterocycles. The number of hydrogen-bond acceptors (Lipinski definition) is 9. The molecule has 0 amide bonds. The number of aryl methyl sites for hydroxylation is 2. The van der Waals surface area contributed by atoms with Crippen LogP contribution in [0.1, 0.15) is 165 Å². The number of likely N-dealkylation sites (N-methyl/N-ethyl adjacent to an activating group) is 1. The van der Waals surface area contributed by atoms with Crippen LogP contribution in [0, 0.1) is 13.8 Å². The van der Waals surface area contributed by atoms with Gasteiger partial charge < -0.3 is 28.0 Å². The van der Waals surface area contributed by atoms with Crippen LogP contribution in [0.3, 0.4) is 0 Å². The van der Waals surface area contributed by atoms with Crippen LogP contribution in [0.2, 0.25) is 0 Å². The molecule has 0 saturated carbocycles. The quantitative estimate of drug-likeness (QED) is 0.0172. The van der Waals surface area contributed by atoms with Crippen LogP contribution in [0.25, 0.3) is 0 Å². The Morgan fingerprint density at radius 1 is 0.717 bits per heavy atom. The number of epoxide rings is 1. The minimum atomic E-state index is -4.41. The van der Waals surface area contributed by atoms with Gasteiger partial charge in [-0.3, -0.25) is 18.6 Å². The van der Waals surface area contributed by atoms with Crippen LogP contribution in [-0.2, 0) is 50.3 Å². The molecule has 2 rings (SSSR count). The summed E-state index contributed by atoms with van der Waals surface area (Å²) in [5.41, 5.74) is 2.62. The number of phosphoric ester groups is 1. The number of carbonyl (C=O) groups excluding carboxylic acids is 2. The molecule has 1 aliphatic rings. The van der Waals surface area contributed by atoms with Gasteiger partial charge in [-0.05, 0) is 89.2 Å². The Labute approximate surface area is 363 Å². The Morgan fingerprint density at radius 3 is 2.00 bits per heavy atom. The average molecular weight is 865 g/mol. The number of allylic oxidation sites excluding steroid dienone is 5. The highest BCUT2D eigenvalue weighted by atomic mass is 31.2. The number of unbranched alkanes of at least 4 members (excludes halogenated alkanes) is 10. The van der Waals surface area contributed by atoms with Gasteiger partial charge in [0.25, 0.3) is 0 Å². The molecule has 0 aliphatic carbocycles. The first-order valence-corrected chi connectivity index (χ1v) is 24.7. The van der Waals surface area contributed by atoms with Crippen LogP contribution in [0.5, 0.6) is 0 Å². The normalized spacial score (nSPS) is 17.2. The molecule has 3 unspecified atom stereocenters. The Hall–Kier alpha value is -2.53. The number of carbonyl (C=O) groups is 2. The van der Waals surface area contributed by atoms with Crippen molar-refractivity contribution < 1.29 is 51.2 Å². The number of phosphoric acid groups is 1. The molecular weight excluding hydrogens is 781 g/mol. The molecule has 0 radical (unpaired) electrons. The van der Waals surface area contributed by atoms with E-state index in [0.29, 0.717) is 23.9 Å². The van der Waals surface area contributed by atoms with Gasteiger partial charge >= 0.3 is 19.8 Å². The number of nitrogens with zero attached hydrogens (tertiary/aromatic N) is 1. The second-order valence-electron chi connectivity index (χ2n) is 17.4. The summed E-state index contributed by atoms with van der Waals surface area (Å²) in [6, 6.07) is 0. The third-order valence-corrected chi connectivity index (χ3v) is 11.8. The predicted molar refractivity (Wildman–Crippen MR) is 241 cm³/mol. The SMILES string of the molecule is CCCCC/C=C\C/C=C\C/C=C\CC1OC1CCCC(=O)OC[C@H](COP(=O)(O)OCC[N+](C)(C)C)OC(=O)CCCCCCCCCCc1oc(CCC)c(C)c1C. The van der Waals surface area contributed by atoms with E-state index in [-0.39, 0.29) is 38.3 Å². The number of quaternary nitrogens is 1. The molecule has 1 aliphatic heterocycles. The Kier molecular flexibility index (Phi) is 28.0. The summed E-state index contributed by atoms with van der Waals surface area (Å²) in [5.74, 6) is 1.39. The second kappa shape index (κ2) is 31.3. The minimum absolute atomic E-state index is 0.0114. The second-order valence-corrected chi connectivity index (χ2v) is 18.9. The summed E-state index contributed by atoms with van der Waals surface area (Å²) in [6.07, 6.45) is 33.4. The largest absolute Gasteiger partial charge is 0.472 e. The first-order chi connectivity index (χ1) is 28.7. The lowest BCUT2D eigenvalue weighted by Gasteiger charge is -2.24. The fraction of sp³-hybridized carbons (Fsp3) is 0.750. The van der Waals surface area contributed by atoms with Crippen molar-refractivity contribution in [1.82, 2.24) is 0 Å². The standard InChI is InChI=1S/C48H82NO10P/c1-8-10-11-12-13-14-15-16-17-21-24-27-32-45-46(59-45)33-29-35-47(50)54-38-42(39-56-60(52,53)55-37-36-49(5,6)7)57-48(51)34-28-25-22-19-18-20-23-26-31-44-41(4)40(3)43(58-44)30-9-2/h13-14,16-17,24,27,42,45-46H,8-12,15,18-23,25-26,28-39H2,1-7H3/p+1/b14-13-,17-16-,27-24-/t42-,45?,46?/m1/s1. The molecule has 1 aromatic rings. The lowest BCUT2D eigenvalue weighted by Crippen LogP contribution is -2.37. The number of ether oxygens (including phenoxy) is 3. The van der Waals surface area contributed by atoms with E-state index in [0.717, 1.165) is 88.6 Å². The summed E-state index contributed by atoms with van der Waals surface area (Å²) in [6.45, 7) is 8.52. The predicted octanol–water partition coefficient (Wildman–Crippen LogP) is 11.6. The van der Waals surface area contributed by atoms with Crippen molar-refractivity contribution in [1.29, 1.82) is 0 Å². The highest BCUT2D eigenvalue weighted by Crippen LogP contribution is 2.43. The first kappa shape index (κ1) is 53.6. The molecule has 1 saturated heterocycles. The maximum absolute atomic E-state index is 12.8. The Bertz CT molecular complexity index is 1460. The van der Waals surface area contributed by atoms with E-state index in [4.69, 9.17) is 27.7 Å². The fourth-order valence-electron chi connectivity index (χ4n) is 6.79. The molecule has 0 spiro atoms. The van der Waals surface area contributed by atoms with Gasteiger partial charge in [0.05, 0.1) is 40.0 Å². The summed E-state index contributed by atoms with van der Waals surface area (Å²) in [5, 5.41) is 0. The maximum atomic E-state index is 12.8. The Balaban J connectivity index is 1.65. The highest BCUT2D eigenvalue weighted by molar-refractivity contribution is 7.47. The third kappa shape index (κ3) is 26.7. The average Bonchev–Trinajstić information content (AvgIpc) is 3.89. The van der Waals surface area contributed by atoms with Crippen LogP contribution >= 0.6 is 7.82 Å². The summed E-state index contributed by atoms with van der Waals surface area (Å²) < 4.78 is 46.3. The highest BCUT2D eigenvalue weighted by Gasteiger charge is 2.36. The van der Waals surface area contributed by atoms with Gasteiger partial charge in [0.2, 0.25) is 0 Å². The number of furan rings is 1. The summed E-state index contributed by atoms with van der Waals surface area (Å²) in [4.78, 5) is 35.6. The van der Waals surface area contributed by atoms with Crippen molar-refractivity contribution in [3.8, 4) is 0 Å². The van der Waals surface area contributed by atoms with Gasteiger partial charge in [-0.2, -0.15) is 0 Å². The van der Waals surface area contributed by atoms with Crippen molar-refractivity contribution in [2.75, 3.05) is 47.5 Å². The molecule has 1 fully saturated rings. The van der Waals surface area contributed by atoms with Crippen LogP contribution < -0.4 is 0 Å². The lowest BCUT2D eigenvalue weighted by atomic mass is 10.0. The van der Waals surface area contributed by atoms with Crippen LogP contribution in [0.4, 0.5) is 0 Å². The van der Waals surface area contributed by atoms with E-state index >= 15 is 0 Å². The molecule has 4 atom stereocenters. The van der Waals surface area contributed by atoms with Gasteiger partial charge in [-0.25, -0.2) is 4.57 Å². The topological polar surface area (TPSA) is 134 Å². The molecule has 60 heavy (non-hydrogen) atoms. The van der Waals surface area contributed by atoms with Crippen LogP contribution in [0.15, 0.2) is 40.9 Å². The van der Waals surface area contributed by atoms with E-state index in [2.05, 4.69) is 64.2 Å². The maximum Gasteiger partial charge on any atom is 0.472 e. The molecule has 1 N–H and O–H groups in total. The van der Waals surface area contributed by atoms with Crippen molar-refractivity contribution in [3.63, 3.8) is 0 Å². The minimum Gasteiger partial charge on any atom is -0.466 e. The smallest absolute Gasteiger partial charge is 0.466 e. The van der Waals surface area contributed by atoms with Crippen LogP contribution in [-0.4, -0.2) is 87.1 Å². The van der Waals surface area contributed by atoms with E-state index < -0.39 is 32.5 Å². The molecule has 0 bridgehead atoms. The molecular formula is C48H83NO10P+. The number of esters is 2. The fourth-order valence-corrected chi connectivity index (χ4v) is 7.54. The van der Waals surface area contributed by atoms with Gasteiger partial charge in [-0.15, -0.1) is 0 Å². The third-order valence-electron chi connectivity index (χ3n) is 10.8. The molecule has 11 nitrogen and oxygen atoms in total. The van der Waals surface area contributed by atoms with Gasteiger partial charge in [0, 0.05) is 25.7 Å². The monoisotopic (exact) mass is 865 g/mol. The summed E-state index contributed by atoms with van der Waals surface area (Å²) in [7, 11) is 1.41. The zero-order chi connectivity index (χ0) is 44.1. The zero-order valence-electron chi connectivity index (χ0n) is 38.6. The molecule has 1 aromatic heterocycles. The van der Waals surface area contributed by atoms with Crippen molar-refractivity contribution in [2.24, 2.45) is 0 Å². The van der Waals surface area contributed by atoms with E-state index in [9.17, 15) is 19.0 Å². The van der Waals surface area contributed by atoms with E-state index in [1.807, 2.05) is 21.1 Å². The lowest BCUT2D eigenvalue weighted by molar-refractivity contribution is -0.870. The van der Waals surface area contributed by atoms with Crippen molar-refractivity contribution >= 4 is 19.8 Å². The van der Waals surface area contributed by atoms with Crippen molar-refractivity contribution in [2.45, 2.75) is 187 Å². The van der Waals surface area contributed by atoms with Gasteiger partial charge in [0.15, 0.2) is 6.10 Å². The molecule has 12 heteroatoms. The molecule has 344 valence electrons.